The number of aromatic nitrogens is 2. The van der Waals surface area contributed by atoms with E-state index in [0.29, 0.717) is 40.0 Å². The standard InChI is InChI=1S/C23H18ClN3O3/c1-2-29-20-10-6-5-9-19(20)25-22(28)17-7-3-4-8-18(17)23-26-21(27-30-23)15-11-13-16(24)14-12-15/h3-14H,2H2,1H3,(H,25,28). The Morgan fingerprint density at radius 1 is 1.03 bits per heavy atom. The molecule has 0 aliphatic rings. The fourth-order valence-corrected chi connectivity index (χ4v) is 3.08. The van der Waals surface area contributed by atoms with Gasteiger partial charge in [-0.05, 0) is 55.5 Å². The summed E-state index contributed by atoms with van der Waals surface area (Å²) in [6, 6.07) is 21.5. The molecule has 0 saturated heterocycles. The zero-order valence-electron chi connectivity index (χ0n) is 16.1. The SMILES string of the molecule is CCOc1ccccc1NC(=O)c1ccccc1-c1nc(-c2ccc(Cl)cc2)no1. The first-order chi connectivity index (χ1) is 14.7. The molecule has 3 aromatic carbocycles. The number of ether oxygens (including phenoxy) is 1. The molecule has 0 saturated carbocycles. The fourth-order valence-electron chi connectivity index (χ4n) is 2.96. The van der Waals surface area contributed by atoms with Crippen LogP contribution in [0.5, 0.6) is 5.75 Å². The maximum atomic E-state index is 13.0. The van der Waals surface area contributed by atoms with Crippen molar-refractivity contribution in [3.8, 4) is 28.6 Å². The molecule has 0 spiro atoms. The molecule has 0 bridgehead atoms. The van der Waals surface area contributed by atoms with E-state index in [0.717, 1.165) is 5.56 Å². The van der Waals surface area contributed by atoms with Crippen molar-refractivity contribution in [3.63, 3.8) is 0 Å². The van der Waals surface area contributed by atoms with Crippen molar-refractivity contribution in [2.24, 2.45) is 0 Å². The lowest BCUT2D eigenvalue weighted by Crippen LogP contribution is -2.14. The summed E-state index contributed by atoms with van der Waals surface area (Å²) in [7, 11) is 0. The highest BCUT2D eigenvalue weighted by Gasteiger charge is 2.19. The second-order valence-electron chi connectivity index (χ2n) is 6.36. The van der Waals surface area contributed by atoms with E-state index in [4.69, 9.17) is 20.9 Å². The zero-order valence-corrected chi connectivity index (χ0v) is 16.9. The largest absolute Gasteiger partial charge is 0.492 e. The van der Waals surface area contributed by atoms with E-state index >= 15 is 0 Å². The molecule has 1 aromatic heterocycles. The molecule has 1 amide bonds. The highest BCUT2D eigenvalue weighted by Crippen LogP contribution is 2.28. The fraction of sp³-hybridized carbons (Fsp3) is 0.0870. The minimum atomic E-state index is -0.302. The molecule has 150 valence electrons. The van der Waals surface area contributed by atoms with E-state index < -0.39 is 0 Å². The van der Waals surface area contributed by atoms with Gasteiger partial charge in [-0.3, -0.25) is 4.79 Å². The molecule has 1 heterocycles. The molecule has 6 nitrogen and oxygen atoms in total. The quantitative estimate of drug-likeness (QED) is 0.433. The molecule has 4 aromatic rings. The lowest BCUT2D eigenvalue weighted by molar-refractivity contribution is 0.102. The van der Waals surface area contributed by atoms with Gasteiger partial charge in [-0.15, -0.1) is 0 Å². The third kappa shape index (κ3) is 4.18. The highest BCUT2D eigenvalue weighted by molar-refractivity contribution is 6.30. The van der Waals surface area contributed by atoms with Gasteiger partial charge in [0.25, 0.3) is 11.8 Å². The molecule has 4 rings (SSSR count). The van der Waals surface area contributed by atoms with Gasteiger partial charge >= 0.3 is 0 Å². The summed E-state index contributed by atoms with van der Waals surface area (Å²) in [6.07, 6.45) is 0. The Hall–Kier alpha value is -3.64. The summed E-state index contributed by atoms with van der Waals surface area (Å²) in [5.74, 6) is 0.972. The monoisotopic (exact) mass is 419 g/mol. The molecule has 7 heteroatoms. The van der Waals surface area contributed by atoms with E-state index in [-0.39, 0.29) is 11.8 Å². The number of carbonyl (C=O) groups excluding carboxylic acids is 1. The van der Waals surface area contributed by atoms with Gasteiger partial charge in [-0.1, -0.05) is 41.0 Å². The van der Waals surface area contributed by atoms with E-state index in [2.05, 4.69) is 15.5 Å². The smallest absolute Gasteiger partial charge is 0.259 e. The van der Waals surface area contributed by atoms with Crippen molar-refractivity contribution in [2.45, 2.75) is 6.92 Å². The van der Waals surface area contributed by atoms with Crippen molar-refractivity contribution in [2.75, 3.05) is 11.9 Å². The topological polar surface area (TPSA) is 77.2 Å². The number of anilines is 1. The summed E-state index contributed by atoms with van der Waals surface area (Å²) >= 11 is 5.94. The van der Waals surface area contributed by atoms with Gasteiger partial charge in [0.2, 0.25) is 5.82 Å². The molecule has 0 radical (unpaired) electrons. The van der Waals surface area contributed by atoms with Gasteiger partial charge in [0, 0.05) is 10.6 Å². The molecule has 0 atom stereocenters. The number of nitrogens with zero attached hydrogens (tertiary/aromatic N) is 2. The lowest BCUT2D eigenvalue weighted by atomic mass is 10.1. The molecular formula is C23H18ClN3O3. The second-order valence-corrected chi connectivity index (χ2v) is 6.80. The maximum absolute atomic E-state index is 13.0. The maximum Gasteiger partial charge on any atom is 0.259 e. The summed E-state index contributed by atoms with van der Waals surface area (Å²) in [5, 5.41) is 7.55. The Morgan fingerprint density at radius 3 is 2.57 bits per heavy atom. The van der Waals surface area contributed by atoms with Crippen LogP contribution in [0.3, 0.4) is 0 Å². The van der Waals surface area contributed by atoms with Crippen LogP contribution in [-0.2, 0) is 0 Å². The van der Waals surface area contributed by atoms with Crippen LogP contribution in [0.4, 0.5) is 5.69 Å². The molecule has 0 aliphatic heterocycles. The Morgan fingerprint density at radius 2 is 1.77 bits per heavy atom. The summed E-state index contributed by atoms with van der Waals surface area (Å²) in [6.45, 7) is 2.39. The number of amides is 1. The predicted octanol–water partition coefficient (Wildman–Crippen LogP) is 5.71. The zero-order chi connectivity index (χ0) is 20.9. The normalized spacial score (nSPS) is 10.6. The van der Waals surface area contributed by atoms with Crippen LogP contribution in [0, 0.1) is 0 Å². The van der Waals surface area contributed by atoms with Crippen molar-refractivity contribution >= 4 is 23.2 Å². The van der Waals surface area contributed by atoms with Crippen molar-refractivity contribution in [3.05, 3.63) is 83.4 Å². The molecule has 0 aliphatic carbocycles. The van der Waals surface area contributed by atoms with Gasteiger partial charge in [-0.25, -0.2) is 0 Å². The first-order valence-corrected chi connectivity index (χ1v) is 9.75. The van der Waals surface area contributed by atoms with E-state index in [1.54, 1.807) is 54.6 Å². The van der Waals surface area contributed by atoms with Crippen molar-refractivity contribution in [1.82, 2.24) is 10.1 Å². The highest BCUT2D eigenvalue weighted by atomic mass is 35.5. The van der Waals surface area contributed by atoms with Crippen LogP contribution in [0.1, 0.15) is 17.3 Å². The molecular weight excluding hydrogens is 402 g/mol. The molecule has 0 fully saturated rings. The predicted molar refractivity (Wildman–Crippen MR) is 116 cm³/mol. The van der Waals surface area contributed by atoms with E-state index in [1.807, 2.05) is 25.1 Å². The molecule has 1 N–H and O–H groups in total. The molecule has 0 unspecified atom stereocenters. The van der Waals surface area contributed by atoms with Gasteiger partial charge in [0.05, 0.1) is 23.4 Å². The van der Waals surface area contributed by atoms with Crippen molar-refractivity contribution in [1.29, 1.82) is 0 Å². The number of nitrogens with one attached hydrogen (secondary N) is 1. The van der Waals surface area contributed by atoms with Crippen molar-refractivity contribution < 1.29 is 14.1 Å². The van der Waals surface area contributed by atoms with Crippen LogP contribution < -0.4 is 10.1 Å². The number of halogens is 1. The average Bonchev–Trinajstić information content (AvgIpc) is 3.26. The number of para-hydroxylation sites is 2. The third-order valence-corrected chi connectivity index (χ3v) is 4.62. The summed E-state index contributed by atoms with van der Waals surface area (Å²) < 4.78 is 11.0. The average molecular weight is 420 g/mol. The van der Waals surface area contributed by atoms with Gasteiger partial charge in [-0.2, -0.15) is 4.98 Å². The number of hydrogen-bond donors (Lipinski definition) is 1. The summed E-state index contributed by atoms with van der Waals surface area (Å²) in [4.78, 5) is 17.5. The number of rotatable bonds is 6. The Labute approximate surface area is 178 Å². The number of benzene rings is 3. The number of hydrogen-bond acceptors (Lipinski definition) is 5. The van der Waals surface area contributed by atoms with Gasteiger partial charge in [0.1, 0.15) is 5.75 Å². The van der Waals surface area contributed by atoms with Crippen LogP contribution in [0.2, 0.25) is 5.02 Å². The first-order valence-electron chi connectivity index (χ1n) is 9.38. The molecule has 30 heavy (non-hydrogen) atoms. The second kappa shape index (κ2) is 8.80. The van der Waals surface area contributed by atoms with Crippen LogP contribution in [0.15, 0.2) is 77.3 Å². The Balaban J connectivity index is 1.63. The Kier molecular flexibility index (Phi) is 5.77. The van der Waals surface area contributed by atoms with Gasteiger partial charge in [0.15, 0.2) is 0 Å². The number of carbonyl (C=O) groups is 1. The Bertz CT molecular complexity index is 1170. The van der Waals surface area contributed by atoms with E-state index in [9.17, 15) is 4.79 Å². The summed E-state index contributed by atoms with van der Waals surface area (Å²) in [5.41, 5.74) is 2.31. The van der Waals surface area contributed by atoms with Crippen LogP contribution >= 0.6 is 11.6 Å². The minimum Gasteiger partial charge on any atom is -0.492 e. The lowest BCUT2D eigenvalue weighted by Gasteiger charge is -2.12. The van der Waals surface area contributed by atoms with Gasteiger partial charge < -0.3 is 14.6 Å². The minimum absolute atomic E-state index is 0.254. The van der Waals surface area contributed by atoms with E-state index in [1.165, 1.54) is 0 Å². The first kappa shape index (κ1) is 19.7. The van der Waals surface area contributed by atoms with Crippen LogP contribution in [0.25, 0.3) is 22.8 Å². The third-order valence-electron chi connectivity index (χ3n) is 4.37. The van der Waals surface area contributed by atoms with Crippen LogP contribution in [-0.4, -0.2) is 22.7 Å².